The molecule has 322 valence electrons. The van der Waals surface area contributed by atoms with Gasteiger partial charge in [0.25, 0.3) is 0 Å². The maximum atomic E-state index is 13.3. The molecule has 0 radical (unpaired) electrons. The highest BCUT2D eigenvalue weighted by Gasteiger charge is 2.41. The molecule has 0 amide bonds. The van der Waals surface area contributed by atoms with Crippen LogP contribution in [-0.2, 0) is 9.53 Å². The van der Waals surface area contributed by atoms with Gasteiger partial charge in [-0.1, -0.05) is 105 Å². The van der Waals surface area contributed by atoms with Crippen LogP contribution >= 0.6 is 0 Å². The minimum Gasteiger partial charge on any atom is -0.511 e. The summed E-state index contributed by atoms with van der Waals surface area (Å²) in [6.07, 6.45) is 24.0. The summed E-state index contributed by atoms with van der Waals surface area (Å²) in [5.41, 5.74) is 15.6. The first kappa shape index (κ1) is 45.0. The van der Waals surface area contributed by atoms with E-state index >= 15 is 0 Å². The largest absolute Gasteiger partial charge is 0.511 e. The van der Waals surface area contributed by atoms with Crippen molar-refractivity contribution < 1.29 is 14.6 Å². The lowest BCUT2D eigenvalue weighted by molar-refractivity contribution is -0.142. The molecule has 2 N–H and O–H groups in total. The van der Waals surface area contributed by atoms with Gasteiger partial charge in [0.1, 0.15) is 12.4 Å². The molecule has 4 atom stereocenters. The lowest BCUT2D eigenvalue weighted by atomic mass is 9.86. The van der Waals surface area contributed by atoms with Crippen LogP contribution in [0.25, 0.3) is 0 Å². The number of aliphatic hydroxyl groups excluding tert-OH is 1. The molecule has 0 aromatic rings. The predicted molar refractivity (Wildman–Crippen MR) is 251 cm³/mol. The third-order valence-electron chi connectivity index (χ3n) is 13.8. The van der Waals surface area contributed by atoms with Crippen LogP contribution in [0.2, 0.25) is 0 Å². The smallest absolute Gasteiger partial charge is 0.306 e. The summed E-state index contributed by atoms with van der Waals surface area (Å²) >= 11 is 0. The van der Waals surface area contributed by atoms with Gasteiger partial charge in [0.05, 0.1) is 34.2 Å². The summed E-state index contributed by atoms with van der Waals surface area (Å²) in [6.45, 7) is 26.7. The molecule has 7 heteroatoms. The van der Waals surface area contributed by atoms with Crippen molar-refractivity contribution in [2.24, 2.45) is 44.6 Å². The standard InChI is InChI=1S/C53H72N4O3/c1-12-39-35(8)43-28-45-37(10)41(23-24-50(59)60-26-25-34(7)22-16-21-33(6)20-15-19-32(5)18-14-17-31(3)4)52(56-45)42-27-49(58)51-38(11)46(57-53(42)51)30-48-40(13-2)36(9)44(55-48)29-47(39)54-43/h12,25,28-33,37,41,56,58H,1,13-24,26-27H2,2-11H3. The Balaban J connectivity index is 1.12. The van der Waals surface area contributed by atoms with Gasteiger partial charge >= 0.3 is 5.97 Å². The van der Waals surface area contributed by atoms with Crippen molar-refractivity contribution in [2.45, 2.75) is 153 Å². The summed E-state index contributed by atoms with van der Waals surface area (Å²) in [5, 5.41) is 15.2. The van der Waals surface area contributed by atoms with E-state index in [9.17, 15) is 9.90 Å². The monoisotopic (exact) mass is 813 g/mol. The number of nitrogens with one attached hydrogen (secondary N) is 1. The van der Waals surface area contributed by atoms with Crippen molar-refractivity contribution in [3.05, 3.63) is 116 Å². The molecule has 1 fully saturated rings. The molecule has 6 rings (SSSR count). The number of esters is 1. The van der Waals surface area contributed by atoms with Crippen LogP contribution in [0.4, 0.5) is 0 Å². The summed E-state index contributed by atoms with van der Waals surface area (Å²) in [6, 6.07) is 0. The second-order valence-electron chi connectivity index (χ2n) is 18.9. The molecule has 4 unspecified atom stereocenters. The fraction of sp³-hybridized carbons (Fsp3) is 0.547. The number of carbonyl (C=O) groups is 1. The minimum atomic E-state index is -0.188. The Morgan fingerprint density at radius 1 is 0.900 bits per heavy atom. The van der Waals surface area contributed by atoms with E-state index in [0.717, 1.165) is 110 Å². The Morgan fingerprint density at radius 2 is 1.57 bits per heavy atom. The SMILES string of the molecule is C=CC1=C(C)C2=NC1=CC1=NC(=CC3=C(C)C4=C(O)CC(=C5NC(=C2)C(C)C5CCC(=O)OCC=C(C)CCCC(C)CCCC(C)CCCC(C)C)C4=N3)C(CC)=C1C. The number of ether oxygens (including phenoxy) is 1. The maximum absolute atomic E-state index is 13.3. The molecule has 0 aromatic heterocycles. The number of fused-ring (bicyclic) bond motifs is 5. The van der Waals surface area contributed by atoms with Gasteiger partial charge in [-0.3, -0.25) is 4.79 Å². The van der Waals surface area contributed by atoms with Crippen LogP contribution in [0.15, 0.2) is 131 Å². The fourth-order valence-corrected chi connectivity index (χ4v) is 9.81. The lowest BCUT2D eigenvalue weighted by Gasteiger charge is -2.17. The van der Waals surface area contributed by atoms with Crippen molar-refractivity contribution in [1.29, 1.82) is 0 Å². The number of allylic oxidation sites excluding steroid dienone is 13. The predicted octanol–water partition coefficient (Wildman–Crippen LogP) is 13.6. The van der Waals surface area contributed by atoms with Crippen molar-refractivity contribution >= 4 is 23.1 Å². The molecule has 6 aliphatic rings. The zero-order valence-electron chi connectivity index (χ0n) is 38.5. The molecule has 0 aromatic carbocycles. The molecule has 0 saturated carbocycles. The van der Waals surface area contributed by atoms with Crippen LogP contribution in [0.1, 0.15) is 153 Å². The van der Waals surface area contributed by atoms with E-state index in [-0.39, 0.29) is 17.8 Å². The lowest BCUT2D eigenvalue weighted by Crippen LogP contribution is -2.16. The number of aliphatic imine (C=N–C) groups is 3. The Kier molecular flexibility index (Phi) is 14.9. The zero-order chi connectivity index (χ0) is 43.2. The first-order chi connectivity index (χ1) is 28.7. The van der Waals surface area contributed by atoms with Crippen molar-refractivity contribution in [1.82, 2.24) is 5.32 Å². The van der Waals surface area contributed by atoms with Gasteiger partial charge in [-0.2, -0.15) is 0 Å². The summed E-state index contributed by atoms with van der Waals surface area (Å²) in [7, 11) is 0. The highest BCUT2D eigenvalue weighted by Crippen LogP contribution is 2.46. The fourth-order valence-electron chi connectivity index (χ4n) is 9.81. The molecule has 1 saturated heterocycles. The molecular weight excluding hydrogens is 741 g/mol. The summed E-state index contributed by atoms with van der Waals surface area (Å²) in [4.78, 5) is 28.7. The first-order valence-electron chi connectivity index (χ1n) is 23.1. The van der Waals surface area contributed by atoms with Crippen molar-refractivity contribution in [3.8, 4) is 0 Å². The van der Waals surface area contributed by atoms with Gasteiger partial charge in [0.15, 0.2) is 0 Å². The number of rotatable bonds is 19. The minimum absolute atomic E-state index is 0.00146. The number of aliphatic hydroxyl groups is 1. The highest BCUT2D eigenvalue weighted by molar-refractivity contribution is 6.21. The third kappa shape index (κ3) is 10.1. The average molecular weight is 813 g/mol. The number of hydrogen-bond acceptors (Lipinski definition) is 7. The van der Waals surface area contributed by atoms with E-state index in [2.05, 4.69) is 98.5 Å². The Bertz CT molecular complexity index is 2130. The summed E-state index contributed by atoms with van der Waals surface area (Å²) < 4.78 is 5.80. The molecule has 5 heterocycles. The quantitative estimate of drug-likeness (QED) is 0.100. The van der Waals surface area contributed by atoms with Gasteiger partial charge in [-0.15, -0.1) is 0 Å². The zero-order valence-corrected chi connectivity index (χ0v) is 38.5. The molecule has 60 heavy (non-hydrogen) atoms. The van der Waals surface area contributed by atoms with Crippen LogP contribution in [0.3, 0.4) is 0 Å². The third-order valence-corrected chi connectivity index (χ3v) is 13.8. The van der Waals surface area contributed by atoms with Gasteiger partial charge in [-0.25, -0.2) is 15.0 Å². The number of nitrogens with zero attached hydrogens (tertiary/aromatic N) is 3. The topological polar surface area (TPSA) is 95.6 Å². The second-order valence-corrected chi connectivity index (χ2v) is 18.9. The van der Waals surface area contributed by atoms with Crippen LogP contribution in [0, 0.1) is 29.6 Å². The van der Waals surface area contributed by atoms with Crippen LogP contribution < -0.4 is 5.32 Å². The van der Waals surface area contributed by atoms with Gasteiger partial charge in [0, 0.05) is 52.8 Å². The van der Waals surface area contributed by atoms with Gasteiger partial charge < -0.3 is 15.2 Å². The number of carbonyl (C=O) groups excluding carboxylic acids is 1. The Morgan fingerprint density at radius 3 is 2.25 bits per heavy atom. The van der Waals surface area contributed by atoms with Crippen LogP contribution in [-0.4, -0.2) is 34.8 Å². The van der Waals surface area contributed by atoms with Gasteiger partial charge in [-0.05, 0) is 118 Å². The number of hydrogen-bond donors (Lipinski definition) is 2. The van der Waals surface area contributed by atoms with Crippen LogP contribution in [0.5, 0.6) is 0 Å². The van der Waals surface area contributed by atoms with Crippen molar-refractivity contribution in [3.63, 3.8) is 0 Å². The van der Waals surface area contributed by atoms with E-state index in [4.69, 9.17) is 19.7 Å². The molecule has 1 aliphatic carbocycles. The molecule has 0 spiro atoms. The Labute approximate surface area is 361 Å². The first-order valence-corrected chi connectivity index (χ1v) is 23.1. The highest BCUT2D eigenvalue weighted by atomic mass is 16.5. The second kappa shape index (κ2) is 19.9. The molecule has 8 bridgehead atoms. The molecule has 5 aliphatic heterocycles. The van der Waals surface area contributed by atoms with Crippen molar-refractivity contribution in [2.75, 3.05) is 6.61 Å². The normalized spacial score (nSPS) is 22.4. The Hall–Kier alpha value is -4.52. The average Bonchev–Trinajstić information content (AvgIpc) is 3.95. The van der Waals surface area contributed by atoms with E-state index in [1.54, 1.807) is 0 Å². The molecule has 7 nitrogen and oxygen atoms in total. The van der Waals surface area contributed by atoms with E-state index < -0.39 is 0 Å². The maximum Gasteiger partial charge on any atom is 0.306 e. The van der Waals surface area contributed by atoms with E-state index in [0.29, 0.717) is 31.6 Å². The van der Waals surface area contributed by atoms with E-state index in [1.807, 2.05) is 13.0 Å². The summed E-state index contributed by atoms with van der Waals surface area (Å²) in [5.74, 6) is 2.61. The van der Waals surface area contributed by atoms with Gasteiger partial charge in [0.2, 0.25) is 0 Å². The van der Waals surface area contributed by atoms with E-state index in [1.165, 1.54) is 62.5 Å². The molecular formula is C53H72N4O3.